The van der Waals surface area contributed by atoms with E-state index in [1.54, 1.807) is 0 Å². The predicted octanol–water partition coefficient (Wildman–Crippen LogP) is 6.20. The van der Waals surface area contributed by atoms with E-state index in [-0.39, 0.29) is 12.1 Å². The van der Waals surface area contributed by atoms with Crippen LogP contribution in [0.2, 0.25) is 23.7 Å². The Balaban J connectivity index is 3.08. The summed E-state index contributed by atoms with van der Waals surface area (Å²) in [7, 11) is -1.59. The van der Waals surface area contributed by atoms with Gasteiger partial charge in [0.1, 0.15) is 6.10 Å². The molecular formula is C20H38O2Si. The van der Waals surface area contributed by atoms with Crippen LogP contribution in [0.15, 0.2) is 12.2 Å². The number of hydrogen-bond acceptors (Lipinski definition) is 2. The van der Waals surface area contributed by atoms with Crippen molar-refractivity contribution in [3.05, 3.63) is 12.2 Å². The van der Waals surface area contributed by atoms with Gasteiger partial charge in [0.25, 0.3) is 0 Å². The molecule has 0 radical (unpaired) electrons. The molecule has 1 aliphatic heterocycles. The summed E-state index contributed by atoms with van der Waals surface area (Å²) in [6, 6.07) is 0. The Morgan fingerprint density at radius 2 is 1.91 bits per heavy atom. The van der Waals surface area contributed by atoms with Gasteiger partial charge in [-0.2, -0.15) is 0 Å². The van der Waals surface area contributed by atoms with Crippen LogP contribution < -0.4 is 0 Å². The van der Waals surface area contributed by atoms with Crippen LogP contribution >= 0.6 is 0 Å². The van der Waals surface area contributed by atoms with E-state index in [2.05, 4.69) is 66.8 Å². The van der Waals surface area contributed by atoms with Gasteiger partial charge < -0.3 is 4.74 Å². The fourth-order valence-electron chi connectivity index (χ4n) is 3.88. The molecule has 1 aliphatic rings. The maximum absolute atomic E-state index is 12.2. The van der Waals surface area contributed by atoms with E-state index in [9.17, 15) is 4.79 Å². The second-order valence-corrected chi connectivity index (χ2v) is 14.8. The summed E-state index contributed by atoms with van der Waals surface area (Å²) in [5.41, 5.74) is 0.561. The van der Waals surface area contributed by atoms with E-state index in [4.69, 9.17) is 4.74 Å². The summed E-state index contributed by atoms with van der Waals surface area (Å²) in [6.07, 6.45) is 8.54. The zero-order valence-corrected chi connectivity index (χ0v) is 17.6. The first-order chi connectivity index (χ1) is 10.5. The predicted molar refractivity (Wildman–Crippen MR) is 102 cm³/mol. The number of allylic oxidation sites excluding steroid dienone is 2. The molecule has 0 aromatic heterocycles. The van der Waals surface area contributed by atoms with Crippen LogP contribution in [0.25, 0.3) is 0 Å². The van der Waals surface area contributed by atoms with Gasteiger partial charge in [-0.05, 0) is 48.6 Å². The highest BCUT2D eigenvalue weighted by Crippen LogP contribution is 2.53. The molecular weight excluding hydrogens is 300 g/mol. The molecule has 0 spiro atoms. The number of cyclic esters (lactones) is 1. The van der Waals surface area contributed by atoms with Crippen molar-refractivity contribution in [1.82, 2.24) is 0 Å². The summed E-state index contributed by atoms with van der Waals surface area (Å²) in [5, 5.41) is 0.316. The van der Waals surface area contributed by atoms with E-state index in [0.29, 0.717) is 28.8 Å². The van der Waals surface area contributed by atoms with Crippen molar-refractivity contribution >= 4 is 14.0 Å². The summed E-state index contributed by atoms with van der Waals surface area (Å²) in [4.78, 5) is 12.2. The normalized spacial score (nSPS) is 26.8. The molecule has 0 aliphatic carbocycles. The van der Waals surface area contributed by atoms with Gasteiger partial charge in [0.2, 0.25) is 0 Å². The molecule has 0 amide bonds. The van der Waals surface area contributed by atoms with Crippen molar-refractivity contribution in [2.24, 2.45) is 11.8 Å². The number of carbonyl (C=O) groups is 1. The molecule has 0 bridgehead atoms. The van der Waals surface area contributed by atoms with E-state index >= 15 is 0 Å². The average Bonchev–Trinajstić information content (AvgIpc) is 2.41. The molecule has 0 saturated carbocycles. The Hall–Kier alpha value is -0.573. The number of esters is 1. The van der Waals surface area contributed by atoms with Gasteiger partial charge >= 0.3 is 5.97 Å². The molecule has 1 fully saturated rings. The third-order valence-electron chi connectivity index (χ3n) is 6.16. The van der Waals surface area contributed by atoms with Crippen molar-refractivity contribution in [2.75, 3.05) is 0 Å². The standard InChI is InChI=1S/C20H38O2Si/c1-9-10-11-12-13-16-14-17(21)22-18(15(2)3)19(16)23(7,8)20(4,5)6/h9-10,15-16,18-19H,11-14H2,1-8H3/b10-9+/t16-,18-,19+/m1/s1. The third-order valence-corrected chi connectivity index (χ3v) is 12.5. The molecule has 0 aromatic carbocycles. The Labute approximate surface area is 145 Å². The number of unbranched alkanes of at least 4 members (excludes halogenated alkanes) is 1. The van der Waals surface area contributed by atoms with E-state index in [0.717, 1.165) is 12.8 Å². The zero-order chi connectivity index (χ0) is 17.8. The SMILES string of the molecule is C/C=C/CCC[C@@H]1CC(=O)O[C@H](C(C)C)[C@H]1[Si](C)(C)C(C)(C)C. The maximum atomic E-state index is 12.2. The molecule has 2 nitrogen and oxygen atoms in total. The van der Waals surface area contributed by atoms with Crippen molar-refractivity contribution in [3.8, 4) is 0 Å². The van der Waals surface area contributed by atoms with E-state index in [1.165, 1.54) is 6.42 Å². The van der Waals surface area contributed by atoms with Gasteiger partial charge in [-0.15, -0.1) is 0 Å². The highest BCUT2D eigenvalue weighted by molar-refractivity contribution is 6.81. The van der Waals surface area contributed by atoms with Gasteiger partial charge in [0, 0.05) is 6.42 Å². The first-order valence-corrected chi connectivity index (χ1v) is 12.4. The fraction of sp³-hybridized carbons (Fsp3) is 0.850. The minimum absolute atomic E-state index is 0.0229. The quantitative estimate of drug-likeness (QED) is 0.249. The molecule has 1 rings (SSSR count). The molecule has 0 unspecified atom stereocenters. The van der Waals surface area contributed by atoms with Crippen LogP contribution in [0.5, 0.6) is 0 Å². The Bertz CT molecular complexity index is 418. The molecule has 0 aromatic rings. The van der Waals surface area contributed by atoms with Crippen LogP contribution in [0.1, 0.15) is 67.2 Å². The Morgan fingerprint density at radius 1 is 1.30 bits per heavy atom. The summed E-state index contributed by atoms with van der Waals surface area (Å²) >= 11 is 0. The number of rotatable bonds is 6. The molecule has 3 atom stereocenters. The molecule has 1 saturated heterocycles. The number of ether oxygens (including phenoxy) is 1. The van der Waals surface area contributed by atoms with Crippen LogP contribution in [0.4, 0.5) is 0 Å². The minimum atomic E-state index is -1.59. The van der Waals surface area contributed by atoms with Gasteiger partial charge in [0.05, 0.1) is 8.07 Å². The summed E-state index contributed by atoms with van der Waals surface area (Å²) in [5.74, 6) is 0.918. The molecule has 1 heterocycles. The fourth-order valence-corrected chi connectivity index (χ4v) is 7.62. The largest absolute Gasteiger partial charge is 0.462 e. The van der Waals surface area contributed by atoms with Crippen LogP contribution in [0, 0.1) is 11.8 Å². The second-order valence-electron chi connectivity index (χ2n) is 9.16. The summed E-state index contributed by atoms with van der Waals surface area (Å²) in [6.45, 7) is 18.6. The van der Waals surface area contributed by atoms with Crippen molar-refractivity contribution in [3.63, 3.8) is 0 Å². The van der Waals surface area contributed by atoms with Crippen molar-refractivity contribution < 1.29 is 9.53 Å². The van der Waals surface area contributed by atoms with Gasteiger partial charge in [-0.25, -0.2) is 0 Å². The zero-order valence-electron chi connectivity index (χ0n) is 16.6. The van der Waals surface area contributed by atoms with Crippen LogP contribution in [-0.4, -0.2) is 20.1 Å². The second kappa shape index (κ2) is 8.00. The smallest absolute Gasteiger partial charge is 0.306 e. The number of carbonyl (C=O) groups excluding carboxylic acids is 1. The average molecular weight is 339 g/mol. The highest BCUT2D eigenvalue weighted by Gasteiger charge is 2.52. The monoisotopic (exact) mass is 338 g/mol. The number of hydrogen-bond donors (Lipinski definition) is 0. The molecule has 0 N–H and O–H groups in total. The van der Waals surface area contributed by atoms with Crippen molar-refractivity contribution in [1.29, 1.82) is 0 Å². The van der Waals surface area contributed by atoms with Gasteiger partial charge in [0.15, 0.2) is 0 Å². The van der Waals surface area contributed by atoms with Crippen molar-refractivity contribution in [2.45, 2.75) is 97.0 Å². The third kappa shape index (κ3) is 4.95. The van der Waals surface area contributed by atoms with Gasteiger partial charge in [-0.1, -0.05) is 59.9 Å². The topological polar surface area (TPSA) is 26.3 Å². The molecule has 23 heavy (non-hydrogen) atoms. The first kappa shape index (κ1) is 20.5. The van der Waals surface area contributed by atoms with Gasteiger partial charge in [-0.3, -0.25) is 4.79 Å². The van der Waals surface area contributed by atoms with E-state index in [1.807, 2.05) is 0 Å². The van der Waals surface area contributed by atoms with Crippen LogP contribution in [-0.2, 0) is 9.53 Å². The lowest BCUT2D eigenvalue weighted by atomic mass is 9.85. The first-order valence-electron chi connectivity index (χ1n) is 9.33. The lowest BCUT2D eigenvalue weighted by molar-refractivity contribution is -0.160. The highest BCUT2D eigenvalue weighted by atomic mass is 28.3. The van der Waals surface area contributed by atoms with Crippen LogP contribution in [0.3, 0.4) is 0 Å². The Morgan fingerprint density at radius 3 is 2.39 bits per heavy atom. The minimum Gasteiger partial charge on any atom is -0.462 e. The lowest BCUT2D eigenvalue weighted by Crippen LogP contribution is -2.54. The summed E-state index contributed by atoms with van der Waals surface area (Å²) < 4.78 is 5.88. The maximum Gasteiger partial charge on any atom is 0.306 e. The Kier molecular flexibility index (Phi) is 7.12. The lowest BCUT2D eigenvalue weighted by Gasteiger charge is -2.52. The molecule has 134 valence electrons. The molecule has 3 heteroatoms. The van der Waals surface area contributed by atoms with E-state index < -0.39 is 8.07 Å².